The molecule has 5 heteroatoms. The summed E-state index contributed by atoms with van der Waals surface area (Å²) in [5.41, 5.74) is 0.0143. The van der Waals surface area contributed by atoms with Crippen molar-refractivity contribution < 1.29 is 14.3 Å². The third-order valence-electron chi connectivity index (χ3n) is 2.45. The zero-order chi connectivity index (χ0) is 13.3. The third kappa shape index (κ3) is 2.51. The maximum atomic E-state index is 12.0. The number of thiophene rings is 1. The second-order valence-electron chi connectivity index (χ2n) is 4.10. The van der Waals surface area contributed by atoms with E-state index < -0.39 is 11.4 Å². The van der Waals surface area contributed by atoms with E-state index in [0.717, 1.165) is 10.4 Å². The number of carbonyl (C=O) groups excluding carboxylic acids is 1. The van der Waals surface area contributed by atoms with E-state index in [2.05, 4.69) is 0 Å². The van der Waals surface area contributed by atoms with Crippen molar-refractivity contribution in [3.05, 3.63) is 49.7 Å². The van der Waals surface area contributed by atoms with Crippen LogP contribution in [-0.4, -0.2) is 10.9 Å². The summed E-state index contributed by atoms with van der Waals surface area (Å²) in [5, 5.41) is 11.6. The molecule has 0 aliphatic rings. The van der Waals surface area contributed by atoms with Crippen molar-refractivity contribution >= 4 is 17.1 Å². The Balaban J connectivity index is 2.32. The van der Waals surface area contributed by atoms with Crippen LogP contribution in [0.2, 0.25) is 0 Å². The van der Waals surface area contributed by atoms with Crippen LogP contribution in [0.1, 0.15) is 26.6 Å². The summed E-state index contributed by atoms with van der Waals surface area (Å²) in [7, 11) is 0. The molecule has 0 atom stereocenters. The number of rotatable bonds is 3. The molecule has 4 nitrogen and oxygen atoms in total. The van der Waals surface area contributed by atoms with Crippen molar-refractivity contribution in [2.45, 2.75) is 20.3 Å². The molecule has 18 heavy (non-hydrogen) atoms. The molecule has 0 saturated heterocycles. The smallest absolute Gasteiger partial charge is 0.350 e. The van der Waals surface area contributed by atoms with E-state index in [-0.39, 0.29) is 23.5 Å². The first-order valence-corrected chi connectivity index (χ1v) is 6.26. The summed E-state index contributed by atoms with van der Waals surface area (Å²) >= 11 is 1.45. The highest BCUT2D eigenvalue weighted by Gasteiger charge is 2.19. The topological polar surface area (TPSA) is 67.5 Å². The minimum absolute atomic E-state index is 0.0971. The summed E-state index contributed by atoms with van der Waals surface area (Å²) in [5.74, 6) is -0.467. The van der Waals surface area contributed by atoms with Gasteiger partial charge in [-0.15, -0.1) is 11.3 Å². The van der Waals surface area contributed by atoms with Crippen molar-refractivity contribution in [1.82, 2.24) is 0 Å². The van der Waals surface area contributed by atoms with E-state index in [4.69, 9.17) is 4.42 Å². The first-order valence-electron chi connectivity index (χ1n) is 5.38. The lowest BCUT2D eigenvalue weighted by atomic mass is 10.1. The minimum atomic E-state index is -0.786. The highest BCUT2D eigenvalue weighted by Crippen LogP contribution is 2.20. The molecule has 0 bridgehead atoms. The molecular weight excluding hydrogens is 252 g/mol. The van der Waals surface area contributed by atoms with Gasteiger partial charge in [0.05, 0.1) is 0 Å². The zero-order valence-electron chi connectivity index (χ0n) is 10.0. The first-order chi connectivity index (χ1) is 8.47. The van der Waals surface area contributed by atoms with E-state index in [9.17, 15) is 14.7 Å². The van der Waals surface area contributed by atoms with Crippen LogP contribution in [-0.2, 0) is 6.42 Å². The summed E-state index contributed by atoms with van der Waals surface area (Å²) in [6.45, 7) is 3.47. The number of aryl methyl sites for hydroxylation is 2. The van der Waals surface area contributed by atoms with Gasteiger partial charge in [0.25, 0.3) is 0 Å². The van der Waals surface area contributed by atoms with Gasteiger partial charge in [0.1, 0.15) is 17.1 Å². The quantitative estimate of drug-likeness (QED) is 0.865. The summed E-state index contributed by atoms with van der Waals surface area (Å²) in [4.78, 5) is 24.4. The Labute approximate surface area is 108 Å². The van der Waals surface area contributed by atoms with Gasteiger partial charge in [-0.2, -0.15) is 0 Å². The molecule has 0 saturated carbocycles. The van der Waals surface area contributed by atoms with Crippen molar-refractivity contribution in [1.29, 1.82) is 0 Å². The molecule has 94 valence electrons. The molecule has 2 aromatic heterocycles. The van der Waals surface area contributed by atoms with E-state index in [1.807, 2.05) is 18.4 Å². The second kappa shape index (κ2) is 4.78. The zero-order valence-corrected chi connectivity index (χ0v) is 10.8. The van der Waals surface area contributed by atoms with Gasteiger partial charge in [-0.05, 0) is 30.9 Å². The largest absolute Gasteiger partial charge is 0.507 e. The highest BCUT2D eigenvalue weighted by atomic mass is 32.1. The Morgan fingerprint density at radius 2 is 2.11 bits per heavy atom. The van der Waals surface area contributed by atoms with Gasteiger partial charge < -0.3 is 9.52 Å². The molecule has 1 N–H and O–H groups in total. The van der Waals surface area contributed by atoms with E-state index in [1.165, 1.54) is 24.3 Å². The van der Waals surface area contributed by atoms with Crippen LogP contribution in [0, 0.1) is 13.8 Å². The normalized spacial score (nSPS) is 10.6. The van der Waals surface area contributed by atoms with Crippen molar-refractivity contribution in [2.24, 2.45) is 0 Å². The Kier molecular flexibility index (Phi) is 3.34. The molecule has 2 heterocycles. The van der Waals surface area contributed by atoms with Crippen LogP contribution >= 0.6 is 11.3 Å². The fourth-order valence-corrected chi connectivity index (χ4v) is 2.56. The molecule has 0 unspecified atom stereocenters. The predicted molar refractivity (Wildman–Crippen MR) is 68.5 cm³/mol. The Morgan fingerprint density at radius 3 is 2.67 bits per heavy atom. The minimum Gasteiger partial charge on any atom is -0.507 e. The predicted octanol–water partition coefficient (Wildman–Crippen LogP) is 2.45. The maximum absolute atomic E-state index is 12.0. The van der Waals surface area contributed by atoms with Crippen LogP contribution in [0.3, 0.4) is 0 Å². The lowest BCUT2D eigenvalue weighted by Gasteiger charge is -2.01. The van der Waals surface area contributed by atoms with Crippen LogP contribution in [0.4, 0.5) is 0 Å². The number of aromatic hydroxyl groups is 1. The summed E-state index contributed by atoms with van der Waals surface area (Å²) in [6.07, 6.45) is 0.0971. The summed E-state index contributed by atoms with van der Waals surface area (Å²) < 4.78 is 4.82. The third-order valence-corrected chi connectivity index (χ3v) is 3.51. The molecule has 0 aromatic carbocycles. The van der Waals surface area contributed by atoms with Gasteiger partial charge in [0.15, 0.2) is 5.78 Å². The van der Waals surface area contributed by atoms with Crippen LogP contribution < -0.4 is 5.63 Å². The number of hydrogen-bond acceptors (Lipinski definition) is 5. The van der Waals surface area contributed by atoms with Gasteiger partial charge in [-0.1, -0.05) is 0 Å². The van der Waals surface area contributed by atoms with E-state index in [1.54, 1.807) is 0 Å². The van der Waals surface area contributed by atoms with Crippen LogP contribution in [0.15, 0.2) is 26.7 Å². The standard InChI is InChI=1S/C13H12O4S/c1-7-3-9(18-6-7)5-11(15)12-10(14)4-8(2)17-13(12)16/h3-4,6,14H,5H2,1-2H3. The average Bonchev–Trinajstić information content (AvgIpc) is 2.62. The maximum Gasteiger partial charge on any atom is 0.350 e. The monoisotopic (exact) mass is 264 g/mol. The molecule has 0 aliphatic heterocycles. The van der Waals surface area contributed by atoms with E-state index in [0.29, 0.717) is 0 Å². The number of hydrogen-bond donors (Lipinski definition) is 1. The van der Waals surface area contributed by atoms with Crippen LogP contribution in [0.25, 0.3) is 0 Å². The Hall–Kier alpha value is -1.88. The lowest BCUT2D eigenvalue weighted by Crippen LogP contribution is -2.16. The average molecular weight is 264 g/mol. The van der Waals surface area contributed by atoms with Crippen LogP contribution in [0.5, 0.6) is 5.75 Å². The van der Waals surface area contributed by atoms with Gasteiger partial charge in [-0.3, -0.25) is 4.79 Å². The molecule has 0 amide bonds. The fourth-order valence-electron chi connectivity index (χ4n) is 1.68. The second-order valence-corrected chi connectivity index (χ2v) is 5.09. The molecule has 0 radical (unpaired) electrons. The fraction of sp³-hybridized carbons (Fsp3) is 0.231. The van der Waals surface area contributed by atoms with E-state index >= 15 is 0 Å². The molecule has 0 spiro atoms. The molecule has 2 aromatic rings. The molecule has 2 rings (SSSR count). The number of Topliss-reactive ketones (excluding diaryl/α,β-unsaturated/α-hetero) is 1. The Morgan fingerprint density at radius 1 is 1.39 bits per heavy atom. The van der Waals surface area contributed by atoms with Gasteiger partial charge in [-0.25, -0.2) is 4.79 Å². The SMILES string of the molecule is Cc1csc(CC(=O)c2c(O)cc(C)oc2=O)c1. The molecular formula is C13H12O4S. The first kappa shape index (κ1) is 12.6. The number of ketones is 1. The van der Waals surface area contributed by atoms with Gasteiger partial charge in [0, 0.05) is 17.4 Å². The lowest BCUT2D eigenvalue weighted by molar-refractivity contribution is 0.0987. The number of carbonyl (C=O) groups is 1. The molecule has 0 fully saturated rings. The van der Waals surface area contributed by atoms with Crippen molar-refractivity contribution in [2.75, 3.05) is 0 Å². The van der Waals surface area contributed by atoms with Crippen molar-refractivity contribution in [3.8, 4) is 5.75 Å². The van der Waals surface area contributed by atoms with Gasteiger partial charge in [0.2, 0.25) is 0 Å². The van der Waals surface area contributed by atoms with Crippen molar-refractivity contribution in [3.63, 3.8) is 0 Å². The summed E-state index contributed by atoms with van der Waals surface area (Å²) in [6, 6.07) is 3.16. The Bertz CT molecular complexity index is 651. The van der Waals surface area contributed by atoms with Gasteiger partial charge >= 0.3 is 5.63 Å². The highest BCUT2D eigenvalue weighted by molar-refractivity contribution is 7.10. The molecule has 0 aliphatic carbocycles.